The van der Waals surface area contributed by atoms with Crippen molar-refractivity contribution in [1.29, 1.82) is 0 Å². The van der Waals surface area contributed by atoms with Gasteiger partial charge in [0.25, 0.3) is 11.5 Å². The van der Waals surface area contributed by atoms with Crippen molar-refractivity contribution in [3.63, 3.8) is 0 Å². The van der Waals surface area contributed by atoms with Gasteiger partial charge >= 0.3 is 0 Å². The molecule has 0 radical (unpaired) electrons. The Bertz CT molecular complexity index is 1160. The molecule has 0 saturated carbocycles. The van der Waals surface area contributed by atoms with E-state index < -0.39 is 0 Å². The van der Waals surface area contributed by atoms with Gasteiger partial charge in [0.05, 0.1) is 0 Å². The predicted molar refractivity (Wildman–Crippen MR) is 107 cm³/mol. The first-order valence-electron chi connectivity index (χ1n) is 8.73. The van der Waals surface area contributed by atoms with Gasteiger partial charge in [-0.1, -0.05) is 42.5 Å². The fourth-order valence-corrected chi connectivity index (χ4v) is 3.18. The van der Waals surface area contributed by atoms with Crippen LogP contribution in [0.4, 0.5) is 0 Å². The van der Waals surface area contributed by atoms with E-state index in [1.165, 1.54) is 0 Å². The number of pyridine rings is 1. The van der Waals surface area contributed by atoms with E-state index in [0.717, 1.165) is 22.1 Å². The predicted octanol–water partition coefficient (Wildman–Crippen LogP) is 3.46. The van der Waals surface area contributed by atoms with Crippen molar-refractivity contribution in [2.45, 2.75) is 6.54 Å². The Morgan fingerprint density at radius 1 is 1.04 bits per heavy atom. The van der Waals surface area contributed by atoms with Crippen LogP contribution in [0.15, 0.2) is 77.9 Å². The van der Waals surface area contributed by atoms with Crippen molar-refractivity contribution in [2.24, 2.45) is 7.05 Å². The molecule has 2 N–H and O–H groups in total. The number of benzene rings is 2. The summed E-state index contributed by atoms with van der Waals surface area (Å²) in [7, 11) is 1.73. The second-order valence-corrected chi connectivity index (χ2v) is 6.47. The minimum absolute atomic E-state index is 0.0596. The van der Waals surface area contributed by atoms with Gasteiger partial charge in [-0.25, -0.2) is 0 Å². The quantitative estimate of drug-likeness (QED) is 0.587. The van der Waals surface area contributed by atoms with Crippen LogP contribution in [0.25, 0.3) is 22.0 Å². The number of fused-ring (bicyclic) bond motifs is 1. The molecule has 2 aromatic carbocycles. The second-order valence-electron chi connectivity index (χ2n) is 6.47. The SMILES string of the molecule is Cn1cc(-c2ccc(C(=O)NCc3ccccc3)cc2)c2cc[nH]c2c1=O. The monoisotopic (exact) mass is 357 g/mol. The van der Waals surface area contributed by atoms with Crippen LogP contribution in [0.3, 0.4) is 0 Å². The van der Waals surface area contributed by atoms with Crippen LogP contribution in [-0.4, -0.2) is 15.5 Å². The van der Waals surface area contributed by atoms with Gasteiger partial charge < -0.3 is 14.9 Å². The van der Waals surface area contributed by atoms with Gasteiger partial charge in [0.1, 0.15) is 5.52 Å². The van der Waals surface area contributed by atoms with Crippen molar-refractivity contribution >= 4 is 16.8 Å². The molecule has 0 unspecified atom stereocenters. The number of carbonyl (C=O) groups is 1. The van der Waals surface area contributed by atoms with Crippen molar-refractivity contribution < 1.29 is 4.79 Å². The Morgan fingerprint density at radius 3 is 2.52 bits per heavy atom. The molecular formula is C22H19N3O2. The lowest BCUT2D eigenvalue weighted by Gasteiger charge is -2.09. The topological polar surface area (TPSA) is 66.9 Å². The fraction of sp³-hybridized carbons (Fsp3) is 0.0909. The summed E-state index contributed by atoms with van der Waals surface area (Å²) in [5, 5.41) is 3.80. The highest BCUT2D eigenvalue weighted by molar-refractivity contribution is 5.97. The lowest BCUT2D eigenvalue weighted by atomic mass is 10.0. The molecule has 2 aromatic heterocycles. The van der Waals surface area contributed by atoms with Gasteiger partial charge in [-0.05, 0) is 29.3 Å². The maximum Gasteiger partial charge on any atom is 0.274 e. The molecule has 4 aromatic rings. The van der Waals surface area contributed by atoms with Gasteiger partial charge in [-0.15, -0.1) is 0 Å². The second kappa shape index (κ2) is 6.96. The zero-order valence-electron chi connectivity index (χ0n) is 14.9. The Morgan fingerprint density at radius 2 is 1.78 bits per heavy atom. The molecular weight excluding hydrogens is 338 g/mol. The lowest BCUT2D eigenvalue weighted by Crippen LogP contribution is -2.22. The molecule has 5 heteroatoms. The highest BCUT2D eigenvalue weighted by Gasteiger charge is 2.11. The molecule has 4 rings (SSSR count). The van der Waals surface area contributed by atoms with Gasteiger partial charge in [-0.2, -0.15) is 0 Å². The third-order valence-corrected chi connectivity index (χ3v) is 4.65. The van der Waals surface area contributed by atoms with Crippen LogP contribution in [0.2, 0.25) is 0 Å². The van der Waals surface area contributed by atoms with Gasteiger partial charge in [0, 0.05) is 42.5 Å². The minimum Gasteiger partial charge on any atom is -0.357 e. The van der Waals surface area contributed by atoms with Crippen molar-refractivity contribution in [3.05, 3.63) is 94.5 Å². The van der Waals surface area contributed by atoms with Crippen molar-refractivity contribution in [1.82, 2.24) is 14.9 Å². The first-order chi connectivity index (χ1) is 13.1. The van der Waals surface area contributed by atoms with E-state index in [1.807, 2.05) is 54.7 Å². The molecule has 0 aliphatic heterocycles. The fourth-order valence-electron chi connectivity index (χ4n) is 3.18. The molecule has 0 atom stereocenters. The lowest BCUT2D eigenvalue weighted by molar-refractivity contribution is 0.0951. The molecule has 0 aliphatic carbocycles. The molecule has 0 aliphatic rings. The molecule has 2 heterocycles. The first kappa shape index (κ1) is 16.8. The number of carbonyl (C=O) groups excluding carboxylic acids is 1. The normalized spacial score (nSPS) is 10.9. The summed E-state index contributed by atoms with van der Waals surface area (Å²) in [5.41, 5.74) is 4.09. The largest absolute Gasteiger partial charge is 0.357 e. The summed E-state index contributed by atoms with van der Waals surface area (Å²) < 4.78 is 1.56. The van der Waals surface area contributed by atoms with E-state index in [-0.39, 0.29) is 11.5 Å². The van der Waals surface area contributed by atoms with E-state index in [2.05, 4.69) is 10.3 Å². The molecule has 0 spiro atoms. The Kier molecular flexibility index (Phi) is 4.34. The van der Waals surface area contributed by atoms with E-state index >= 15 is 0 Å². The average Bonchev–Trinajstić information content (AvgIpc) is 3.20. The van der Waals surface area contributed by atoms with E-state index in [4.69, 9.17) is 0 Å². The van der Waals surface area contributed by atoms with Crippen LogP contribution in [0, 0.1) is 0 Å². The maximum absolute atomic E-state index is 12.4. The van der Waals surface area contributed by atoms with Crippen molar-refractivity contribution in [2.75, 3.05) is 0 Å². The van der Waals surface area contributed by atoms with E-state index in [0.29, 0.717) is 17.6 Å². The van der Waals surface area contributed by atoms with Gasteiger partial charge in [0.15, 0.2) is 0 Å². The summed E-state index contributed by atoms with van der Waals surface area (Å²) in [5.74, 6) is -0.113. The summed E-state index contributed by atoms with van der Waals surface area (Å²) in [6.07, 6.45) is 3.59. The zero-order chi connectivity index (χ0) is 18.8. The molecule has 0 bridgehead atoms. The van der Waals surface area contributed by atoms with Crippen LogP contribution in [0.1, 0.15) is 15.9 Å². The number of aryl methyl sites for hydroxylation is 1. The highest BCUT2D eigenvalue weighted by atomic mass is 16.1. The summed E-state index contributed by atoms with van der Waals surface area (Å²) in [4.78, 5) is 27.6. The average molecular weight is 357 g/mol. The molecule has 1 amide bonds. The number of nitrogens with one attached hydrogen (secondary N) is 2. The Balaban J connectivity index is 1.58. The molecule has 27 heavy (non-hydrogen) atoms. The zero-order valence-corrected chi connectivity index (χ0v) is 14.9. The smallest absolute Gasteiger partial charge is 0.274 e. The number of hydrogen-bond donors (Lipinski definition) is 2. The third kappa shape index (κ3) is 3.27. The Hall–Kier alpha value is -3.60. The van der Waals surface area contributed by atoms with Crippen LogP contribution in [-0.2, 0) is 13.6 Å². The number of hydrogen-bond acceptors (Lipinski definition) is 2. The molecule has 134 valence electrons. The first-order valence-corrected chi connectivity index (χ1v) is 8.73. The molecule has 5 nitrogen and oxygen atoms in total. The number of amides is 1. The third-order valence-electron chi connectivity index (χ3n) is 4.65. The number of aromatic nitrogens is 2. The van der Waals surface area contributed by atoms with Crippen LogP contribution in [0.5, 0.6) is 0 Å². The molecule has 0 saturated heterocycles. The molecule has 0 fully saturated rings. The Labute approximate surface area is 156 Å². The number of rotatable bonds is 4. The number of aromatic amines is 1. The number of H-pyrrole nitrogens is 1. The minimum atomic E-state index is -0.113. The number of nitrogens with zero attached hydrogens (tertiary/aromatic N) is 1. The van der Waals surface area contributed by atoms with Gasteiger partial charge in [-0.3, -0.25) is 9.59 Å². The van der Waals surface area contributed by atoms with E-state index in [1.54, 1.807) is 29.9 Å². The summed E-state index contributed by atoms with van der Waals surface area (Å²) >= 11 is 0. The maximum atomic E-state index is 12.4. The van der Waals surface area contributed by atoms with E-state index in [9.17, 15) is 9.59 Å². The summed E-state index contributed by atoms with van der Waals surface area (Å²) in [6.45, 7) is 0.492. The van der Waals surface area contributed by atoms with Crippen LogP contribution < -0.4 is 10.9 Å². The van der Waals surface area contributed by atoms with Crippen LogP contribution >= 0.6 is 0 Å². The standard InChI is InChI=1S/C22H19N3O2/c1-25-14-19(18-11-12-23-20(18)22(25)27)16-7-9-17(10-8-16)21(26)24-13-15-5-3-2-4-6-15/h2-12,14,23H,13H2,1H3,(H,24,26). The summed E-state index contributed by atoms with van der Waals surface area (Å²) in [6, 6.07) is 19.1. The van der Waals surface area contributed by atoms with Gasteiger partial charge in [0.2, 0.25) is 0 Å². The van der Waals surface area contributed by atoms with Crippen molar-refractivity contribution in [3.8, 4) is 11.1 Å². The highest BCUT2D eigenvalue weighted by Crippen LogP contribution is 2.26.